The van der Waals surface area contributed by atoms with Gasteiger partial charge in [0.05, 0.1) is 23.1 Å². The Bertz CT molecular complexity index is 865. The number of aryl methyl sites for hydroxylation is 1. The molecule has 1 fully saturated rings. The average molecular weight is 378 g/mol. The molecule has 140 valence electrons. The molecule has 0 amide bonds. The number of esters is 1. The Kier molecular flexibility index (Phi) is 5.43. The number of carbonyl (C=O) groups is 1. The molecule has 8 heteroatoms. The largest absolute Gasteiger partial charge is 0.466 e. The molecule has 0 unspecified atom stereocenters. The third-order valence-corrected chi connectivity index (χ3v) is 6.39. The minimum Gasteiger partial charge on any atom is -0.466 e. The Morgan fingerprint density at radius 1 is 1.27 bits per heavy atom. The summed E-state index contributed by atoms with van der Waals surface area (Å²) >= 11 is 0. The van der Waals surface area contributed by atoms with Crippen molar-refractivity contribution >= 4 is 16.0 Å². The van der Waals surface area contributed by atoms with Crippen LogP contribution in [0.25, 0.3) is 11.3 Å². The molecular formula is C18H22N2O5S. The Labute approximate surface area is 153 Å². The number of rotatable bonds is 5. The fourth-order valence-electron chi connectivity index (χ4n) is 3.03. The first-order chi connectivity index (χ1) is 12.4. The number of piperidine rings is 1. The molecule has 2 aromatic rings. The molecule has 1 aromatic heterocycles. The van der Waals surface area contributed by atoms with Crippen LogP contribution in [0.5, 0.6) is 0 Å². The van der Waals surface area contributed by atoms with Crippen molar-refractivity contribution in [2.75, 3.05) is 19.7 Å². The molecule has 0 radical (unpaired) electrons. The maximum atomic E-state index is 12.8. The van der Waals surface area contributed by atoms with E-state index in [0.29, 0.717) is 38.3 Å². The maximum Gasteiger partial charge on any atom is 0.309 e. The lowest BCUT2D eigenvalue weighted by molar-refractivity contribution is -0.149. The SMILES string of the molecule is CCOC(=O)C1CCN(S(=O)(=O)c2ccc(-c3cc(C)no3)cc2)CC1. The number of hydrogen-bond donors (Lipinski definition) is 0. The van der Waals surface area contributed by atoms with Gasteiger partial charge < -0.3 is 9.26 Å². The van der Waals surface area contributed by atoms with E-state index < -0.39 is 10.0 Å². The van der Waals surface area contributed by atoms with Gasteiger partial charge in [0, 0.05) is 24.7 Å². The summed E-state index contributed by atoms with van der Waals surface area (Å²) in [6.07, 6.45) is 0.959. The predicted octanol–water partition coefficient (Wildman–Crippen LogP) is 2.61. The zero-order chi connectivity index (χ0) is 18.7. The van der Waals surface area contributed by atoms with Crippen molar-refractivity contribution in [1.29, 1.82) is 0 Å². The van der Waals surface area contributed by atoms with Crippen LogP contribution in [0.3, 0.4) is 0 Å². The van der Waals surface area contributed by atoms with Crippen LogP contribution < -0.4 is 0 Å². The second-order valence-corrected chi connectivity index (χ2v) is 8.23. The number of nitrogens with zero attached hydrogens (tertiary/aromatic N) is 2. The van der Waals surface area contributed by atoms with Gasteiger partial charge in [-0.05, 0) is 51.0 Å². The van der Waals surface area contributed by atoms with Gasteiger partial charge in [-0.2, -0.15) is 4.31 Å². The summed E-state index contributed by atoms with van der Waals surface area (Å²) in [5, 5.41) is 3.83. The molecule has 0 aliphatic carbocycles. The van der Waals surface area contributed by atoms with Gasteiger partial charge in [-0.15, -0.1) is 0 Å². The van der Waals surface area contributed by atoms with Crippen LogP contribution in [0.1, 0.15) is 25.5 Å². The summed E-state index contributed by atoms with van der Waals surface area (Å²) in [4.78, 5) is 12.0. The highest BCUT2D eigenvalue weighted by molar-refractivity contribution is 7.89. The second-order valence-electron chi connectivity index (χ2n) is 6.29. The third kappa shape index (κ3) is 3.81. The first kappa shape index (κ1) is 18.6. The Morgan fingerprint density at radius 2 is 1.92 bits per heavy atom. The fourth-order valence-corrected chi connectivity index (χ4v) is 4.50. The van der Waals surface area contributed by atoms with E-state index in [-0.39, 0.29) is 16.8 Å². The Morgan fingerprint density at radius 3 is 2.46 bits per heavy atom. The van der Waals surface area contributed by atoms with Gasteiger partial charge in [0.25, 0.3) is 0 Å². The van der Waals surface area contributed by atoms with Crippen LogP contribution in [0, 0.1) is 12.8 Å². The van der Waals surface area contributed by atoms with E-state index in [1.165, 1.54) is 4.31 Å². The van der Waals surface area contributed by atoms with Crippen LogP contribution in [-0.2, 0) is 19.6 Å². The van der Waals surface area contributed by atoms with Crippen molar-refractivity contribution in [2.24, 2.45) is 5.92 Å². The summed E-state index contributed by atoms with van der Waals surface area (Å²) in [7, 11) is -3.58. The van der Waals surface area contributed by atoms with Gasteiger partial charge in [0.1, 0.15) is 0 Å². The van der Waals surface area contributed by atoms with E-state index in [0.717, 1.165) is 11.3 Å². The summed E-state index contributed by atoms with van der Waals surface area (Å²) in [5.41, 5.74) is 1.53. The highest BCUT2D eigenvalue weighted by atomic mass is 32.2. The van der Waals surface area contributed by atoms with Crippen molar-refractivity contribution in [1.82, 2.24) is 9.46 Å². The molecule has 1 aliphatic heterocycles. The van der Waals surface area contributed by atoms with Crippen LogP contribution in [-0.4, -0.2) is 43.5 Å². The molecule has 0 spiro atoms. The molecule has 7 nitrogen and oxygen atoms in total. The van der Waals surface area contributed by atoms with Crippen molar-refractivity contribution in [3.63, 3.8) is 0 Å². The number of benzene rings is 1. The van der Waals surface area contributed by atoms with Crippen molar-refractivity contribution in [3.8, 4) is 11.3 Å². The highest BCUT2D eigenvalue weighted by Crippen LogP contribution is 2.27. The molecule has 0 saturated carbocycles. The van der Waals surface area contributed by atoms with Crippen LogP contribution >= 0.6 is 0 Å². The van der Waals surface area contributed by atoms with E-state index in [1.54, 1.807) is 37.3 Å². The van der Waals surface area contributed by atoms with Gasteiger partial charge in [0.15, 0.2) is 5.76 Å². The molecule has 1 aromatic carbocycles. The Balaban J connectivity index is 1.70. The molecule has 26 heavy (non-hydrogen) atoms. The van der Waals surface area contributed by atoms with Crippen molar-refractivity contribution < 1.29 is 22.5 Å². The fraction of sp³-hybridized carbons (Fsp3) is 0.444. The molecule has 2 heterocycles. The molecule has 3 rings (SSSR count). The standard InChI is InChI=1S/C18H22N2O5S/c1-3-24-18(21)15-8-10-20(11-9-15)26(22,23)16-6-4-14(5-7-16)17-12-13(2)19-25-17/h4-7,12,15H,3,8-11H2,1-2H3. The topological polar surface area (TPSA) is 89.7 Å². The van der Waals surface area contributed by atoms with E-state index in [1.807, 2.05) is 6.92 Å². The molecule has 0 bridgehead atoms. The third-order valence-electron chi connectivity index (χ3n) is 4.48. The van der Waals surface area contributed by atoms with Crippen molar-refractivity contribution in [3.05, 3.63) is 36.0 Å². The summed E-state index contributed by atoms with van der Waals surface area (Å²) < 4.78 is 37.3. The quantitative estimate of drug-likeness (QED) is 0.743. The summed E-state index contributed by atoms with van der Waals surface area (Å²) in [6, 6.07) is 8.35. The van der Waals surface area contributed by atoms with Crippen LogP contribution in [0.2, 0.25) is 0 Å². The Hall–Kier alpha value is -2.19. The summed E-state index contributed by atoms with van der Waals surface area (Å²) in [5.74, 6) is 0.136. The maximum absolute atomic E-state index is 12.8. The minimum absolute atomic E-state index is 0.224. The molecule has 0 atom stereocenters. The minimum atomic E-state index is -3.58. The van der Waals surface area contributed by atoms with Gasteiger partial charge in [0.2, 0.25) is 10.0 Å². The molecular weight excluding hydrogens is 356 g/mol. The number of carbonyl (C=O) groups excluding carboxylic acids is 1. The normalized spacial score (nSPS) is 16.5. The number of hydrogen-bond acceptors (Lipinski definition) is 6. The van der Waals surface area contributed by atoms with E-state index in [4.69, 9.17) is 9.26 Å². The van der Waals surface area contributed by atoms with E-state index in [9.17, 15) is 13.2 Å². The molecule has 1 aliphatic rings. The van der Waals surface area contributed by atoms with Gasteiger partial charge in [-0.1, -0.05) is 5.16 Å². The first-order valence-electron chi connectivity index (χ1n) is 8.62. The summed E-state index contributed by atoms with van der Waals surface area (Å²) in [6.45, 7) is 4.56. The first-order valence-corrected chi connectivity index (χ1v) is 10.1. The van der Waals surface area contributed by atoms with E-state index >= 15 is 0 Å². The average Bonchev–Trinajstić information content (AvgIpc) is 3.08. The van der Waals surface area contributed by atoms with Gasteiger partial charge in [-0.3, -0.25) is 4.79 Å². The van der Waals surface area contributed by atoms with Crippen LogP contribution in [0.4, 0.5) is 0 Å². The predicted molar refractivity (Wildman–Crippen MR) is 94.8 cm³/mol. The zero-order valence-electron chi connectivity index (χ0n) is 14.8. The van der Waals surface area contributed by atoms with Crippen LogP contribution in [0.15, 0.2) is 39.8 Å². The van der Waals surface area contributed by atoms with Gasteiger partial charge >= 0.3 is 5.97 Å². The number of ether oxygens (including phenoxy) is 1. The lowest BCUT2D eigenvalue weighted by atomic mass is 9.98. The molecule has 0 N–H and O–H groups in total. The number of aromatic nitrogens is 1. The monoisotopic (exact) mass is 378 g/mol. The van der Waals surface area contributed by atoms with Gasteiger partial charge in [-0.25, -0.2) is 8.42 Å². The lowest BCUT2D eigenvalue weighted by Crippen LogP contribution is -2.40. The number of sulfonamides is 1. The lowest BCUT2D eigenvalue weighted by Gasteiger charge is -2.30. The second kappa shape index (κ2) is 7.59. The van der Waals surface area contributed by atoms with Crippen molar-refractivity contribution in [2.45, 2.75) is 31.6 Å². The molecule has 1 saturated heterocycles. The smallest absolute Gasteiger partial charge is 0.309 e. The zero-order valence-corrected chi connectivity index (χ0v) is 15.7. The highest BCUT2D eigenvalue weighted by Gasteiger charge is 2.32. The van der Waals surface area contributed by atoms with E-state index in [2.05, 4.69) is 5.16 Å².